The standard InChI is InChI=1S/C17H19N3O3S/c1-12-9-15(23-19-12)10-24-11-16(21)18-13-4-6-14(7-5-13)20-8-2-3-17(20)22/h4-7,9H,2-3,8,10-11H2,1H3,(H,18,21). The summed E-state index contributed by atoms with van der Waals surface area (Å²) in [6, 6.07) is 9.24. The third-order valence-corrected chi connectivity index (χ3v) is 4.65. The quantitative estimate of drug-likeness (QED) is 0.871. The Hall–Kier alpha value is -2.28. The van der Waals surface area contributed by atoms with E-state index >= 15 is 0 Å². The molecule has 1 aliphatic heterocycles. The van der Waals surface area contributed by atoms with Gasteiger partial charge in [0.25, 0.3) is 0 Å². The first-order chi connectivity index (χ1) is 11.6. The molecule has 1 aromatic carbocycles. The van der Waals surface area contributed by atoms with E-state index in [0.717, 1.165) is 35.8 Å². The number of carbonyl (C=O) groups is 2. The van der Waals surface area contributed by atoms with E-state index in [0.29, 0.717) is 17.9 Å². The Balaban J connectivity index is 1.46. The van der Waals surface area contributed by atoms with Crippen LogP contribution in [0.25, 0.3) is 0 Å². The highest BCUT2D eigenvalue weighted by molar-refractivity contribution is 7.99. The van der Waals surface area contributed by atoms with Crippen LogP contribution in [0.15, 0.2) is 34.9 Å². The van der Waals surface area contributed by atoms with Crippen LogP contribution in [-0.4, -0.2) is 29.3 Å². The number of aromatic nitrogens is 1. The first kappa shape index (κ1) is 16.6. The fourth-order valence-corrected chi connectivity index (χ4v) is 3.27. The van der Waals surface area contributed by atoms with Crippen LogP contribution in [0.3, 0.4) is 0 Å². The highest BCUT2D eigenvalue weighted by Crippen LogP contribution is 2.23. The molecule has 1 N–H and O–H groups in total. The Labute approximate surface area is 144 Å². The lowest BCUT2D eigenvalue weighted by Crippen LogP contribution is -2.23. The van der Waals surface area contributed by atoms with Crippen LogP contribution in [0.1, 0.15) is 24.3 Å². The molecule has 0 bridgehead atoms. The van der Waals surface area contributed by atoms with Gasteiger partial charge in [-0.3, -0.25) is 9.59 Å². The maximum Gasteiger partial charge on any atom is 0.234 e. The van der Waals surface area contributed by atoms with Crippen molar-refractivity contribution in [1.29, 1.82) is 0 Å². The lowest BCUT2D eigenvalue weighted by molar-refractivity contribution is -0.117. The Morgan fingerprint density at radius 3 is 2.79 bits per heavy atom. The summed E-state index contributed by atoms with van der Waals surface area (Å²) < 4.78 is 5.10. The van der Waals surface area contributed by atoms with E-state index in [1.165, 1.54) is 11.8 Å². The lowest BCUT2D eigenvalue weighted by atomic mass is 10.2. The number of benzene rings is 1. The summed E-state index contributed by atoms with van der Waals surface area (Å²) in [5.74, 6) is 1.81. The highest BCUT2D eigenvalue weighted by atomic mass is 32.2. The van der Waals surface area contributed by atoms with Crippen molar-refractivity contribution in [3.8, 4) is 0 Å². The third kappa shape index (κ3) is 4.17. The maximum atomic E-state index is 12.0. The van der Waals surface area contributed by atoms with E-state index in [1.807, 2.05) is 37.3 Å². The minimum atomic E-state index is -0.0683. The van der Waals surface area contributed by atoms with Gasteiger partial charge in [0.1, 0.15) is 5.76 Å². The highest BCUT2D eigenvalue weighted by Gasteiger charge is 2.21. The van der Waals surface area contributed by atoms with E-state index in [2.05, 4.69) is 10.5 Å². The van der Waals surface area contributed by atoms with E-state index in [4.69, 9.17) is 4.52 Å². The van der Waals surface area contributed by atoms with Crippen LogP contribution in [0.2, 0.25) is 0 Å². The second-order valence-electron chi connectivity index (χ2n) is 5.67. The number of nitrogens with one attached hydrogen (secondary N) is 1. The molecule has 0 radical (unpaired) electrons. The first-order valence-electron chi connectivity index (χ1n) is 7.82. The molecule has 1 fully saturated rings. The molecule has 2 heterocycles. The van der Waals surface area contributed by atoms with Gasteiger partial charge in [0.2, 0.25) is 11.8 Å². The van der Waals surface area contributed by atoms with Gasteiger partial charge in [-0.2, -0.15) is 0 Å². The Kier molecular flexibility index (Phi) is 5.20. The molecule has 24 heavy (non-hydrogen) atoms. The summed E-state index contributed by atoms with van der Waals surface area (Å²) in [6.45, 7) is 2.63. The van der Waals surface area contributed by atoms with Gasteiger partial charge >= 0.3 is 0 Å². The fraction of sp³-hybridized carbons (Fsp3) is 0.353. The van der Waals surface area contributed by atoms with Gasteiger partial charge in [-0.1, -0.05) is 5.16 Å². The number of hydrogen-bond acceptors (Lipinski definition) is 5. The van der Waals surface area contributed by atoms with Gasteiger partial charge in [0.15, 0.2) is 0 Å². The van der Waals surface area contributed by atoms with E-state index in [1.54, 1.807) is 4.90 Å². The summed E-state index contributed by atoms with van der Waals surface area (Å²) in [7, 11) is 0. The van der Waals surface area contributed by atoms with Gasteiger partial charge in [-0.25, -0.2) is 0 Å². The normalized spacial score (nSPS) is 14.2. The number of hydrogen-bond donors (Lipinski definition) is 1. The lowest BCUT2D eigenvalue weighted by Gasteiger charge is -2.16. The van der Waals surface area contributed by atoms with Crippen molar-refractivity contribution in [1.82, 2.24) is 5.16 Å². The predicted octanol–water partition coefficient (Wildman–Crippen LogP) is 2.98. The average Bonchev–Trinajstić information content (AvgIpc) is 3.17. The van der Waals surface area contributed by atoms with Crippen LogP contribution in [0, 0.1) is 6.92 Å². The second kappa shape index (κ2) is 7.53. The van der Waals surface area contributed by atoms with E-state index < -0.39 is 0 Å². The molecule has 0 atom stereocenters. The zero-order chi connectivity index (χ0) is 16.9. The Morgan fingerprint density at radius 1 is 1.38 bits per heavy atom. The van der Waals surface area contributed by atoms with Crippen LogP contribution in [0.5, 0.6) is 0 Å². The van der Waals surface area contributed by atoms with Crippen LogP contribution in [0.4, 0.5) is 11.4 Å². The zero-order valence-corrected chi connectivity index (χ0v) is 14.3. The van der Waals surface area contributed by atoms with Crippen molar-refractivity contribution in [2.45, 2.75) is 25.5 Å². The average molecular weight is 345 g/mol. The number of rotatable bonds is 6. The molecule has 1 aliphatic rings. The van der Waals surface area contributed by atoms with Crippen molar-refractivity contribution in [3.05, 3.63) is 41.8 Å². The van der Waals surface area contributed by atoms with Gasteiger partial charge in [-0.05, 0) is 37.6 Å². The predicted molar refractivity (Wildman–Crippen MR) is 94.1 cm³/mol. The topological polar surface area (TPSA) is 75.4 Å². The smallest absolute Gasteiger partial charge is 0.234 e. The van der Waals surface area contributed by atoms with Crippen molar-refractivity contribution in [3.63, 3.8) is 0 Å². The van der Waals surface area contributed by atoms with Gasteiger partial charge in [0, 0.05) is 30.4 Å². The van der Waals surface area contributed by atoms with Crippen molar-refractivity contribution >= 4 is 35.0 Å². The van der Waals surface area contributed by atoms with Crippen molar-refractivity contribution in [2.24, 2.45) is 0 Å². The molecule has 0 unspecified atom stereocenters. The van der Waals surface area contributed by atoms with E-state index in [-0.39, 0.29) is 11.8 Å². The second-order valence-corrected chi connectivity index (χ2v) is 6.66. The maximum absolute atomic E-state index is 12.0. The molecule has 6 nitrogen and oxygen atoms in total. The first-order valence-corrected chi connectivity index (χ1v) is 8.97. The summed E-state index contributed by atoms with van der Waals surface area (Å²) in [6.07, 6.45) is 1.51. The van der Waals surface area contributed by atoms with Crippen molar-refractivity contribution < 1.29 is 14.1 Å². The molecular weight excluding hydrogens is 326 g/mol. The Morgan fingerprint density at radius 2 is 2.17 bits per heavy atom. The summed E-state index contributed by atoms with van der Waals surface area (Å²) in [5, 5.41) is 6.66. The molecule has 1 saturated heterocycles. The molecule has 2 amide bonds. The molecule has 3 rings (SSSR count). The fourth-order valence-electron chi connectivity index (χ4n) is 2.57. The number of carbonyl (C=O) groups excluding carboxylic acids is 2. The number of amides is 2. The molecule has 126 valence electrons. The van der Waals surface area contributed by atoms with E-state index in [9.17, 15) is 9.59 Å². The monoisotopic (exact) mass is 345 g/mol. The molecule has 0 aliphatic carbocycles. The number of thioether (sulfide) groups is 1. The molecule has 7 heteroatoms. The molecule has 0 saturated carbocycles. The minimum Gasteiger partial charge on any atom is -0.360 e. The zero-order valence-electron chi connectivity index (χ0n) is 13.4. The van der Waals surface area contributed by atoms with Crippen LogP contribution in [-0.2, 0) is 15.3 Å². The number of aryl methyl sites for hydroxylation is 1. The molecule has 2 aromatic rings. The summed E-state index contributed by atoms with van der Waals surface area (Å²) >= 11 is 1.47. The Bertz CT molecular complexity index is 727. The van der Waals surface area contributed by atoms with Gasteiger partial charge < -0.3 is 14.7 Å². The largest absolute Gasteiger partial charge is 0.360 e. The van der Waals surface area contributed by atoms with Crippen LogP contribution >= 0.6 is 11.8 Å². The SMILES string of the molecule is Cc1cc(CSCC(=O)Nc2ccc(N3CCCC3=O)cc2)on1. The molecular formula is C17H19N3O3S. The van der Waals surface area contributed by atoms with Crippen molar-refractivity contribution in [2.75, 3.05) is 22.5 Å². The number of nitrogens with zero attached hydrogens (tertiary/aromatic N) is 2. The molecule has 0 spiro atoms. The van der Waals surface area contributed by atoms with Gasteiger partial charge in [0.05, 0.1) is 17.2 Å². The van der Waals surface area contributed by atoms with Gasteiger partial charge in [-0.15, -0.1) is 11.8 Å². The summed E-state index contributed by atoms with van der Waals surface area (Å²) in [4.78, 5) is 25.5. The third-order valence-electron chi connectivity index (χ3n) is 3.69. The summed E-state index contributed by atoms with van der Waals surface area (Å²) in [5.41, 5.74) is 2.45. The van der Waals surface area contributed by atoms with Crippen LogP contribution < -0.4 is 10.2 Å². The minimum absolute atomic E-state index is 0.0683. The number of anilines is 2. The molecule has 1 aromatic heterocycles.